The van der Waals surface area contributed by atoms with E-state index in [1.54, 1.807) is 0 Å². The van der Waals surface area contributed by atoms with E-state index < -0.39 is 6.10 Å². The summed E-state index contributed by atoms with van der Waals surface area (Å²) in [4.78, 5) is 0. The summed E-state index contributed by atoms with van der Waals surface area (Å²) in [6.45, 7) is 4.91. The SMILES string of the molecule is Cc1ccc(OCC(O)CN[C@@H](C)c2ccccc2)cc1. The molecule has 2 aromatic carbocycles. The van der Waals surface area contributed by atoms with Crippen molar-refractivity contribution in [3.63, 3.8) is 0 Å². The monoisotopic (exact) mass is 285 g/mol. The molecule has 2 rings (SSSR count). The van der Waals surface area contributed by atoms with Gasteiger partial charge in [-0.25, -0.2) is 0 Å². The molecule has 0 bridgehead atoms. The lowest BCUT2D eigenvalue weighted by atomic mass is 10.1. The maximum absolute atomic E-state index is 9.97. The van der Waals surface area contributed by atoms with Gasteiger partial charge in [-0.1, -0.05) is 48.0 Å². The Labute approximate surface area is 126 Å². The van der Waals surface area contributed by atoms with Crippen LogP contribution in [0, 0.1) is 6.92 Å². The van der Waals surface area contributed by atoms with Gasteiger partial charge in [0.15, 0.2) is 0 Å². The zero-order chi connectivity index (χ0) is 15.1. The number of ether oxygens (including phenoxy) is 1. The van der Waals surface area contributed by atoms with Gasteiger partial charge in [-0.05, 0) is 31.5 Å². The quantitative estimate of drug-likeness (QED) is 0.821. The minimum atomic E-state index is -0.530. The molecule has 0 amide bonds. The molecule has 0 saturated carbocycles. The number of aryl methyl sites for hydroxylation is 1. The molecule has 0 heterocycles. The highest BCUT2D eigenvalue weighted by molar-refractivity contribution is 5.26. The number of aliphatic hydroxyl groups excluding tert-OH is 1. The Balaban J connectivity index is 1.72. The first-order valence-electron chi connectivity index (χ1n) is 7.31. The zero-order valence-electron chi connectivity index (χ0n) is 12.6. The molecule has 0 aliphatic carbocycles. The van der Waals surface area contributed by atoms with Crippen molar-refractivity contribution >= 4 is 0 Å². The molecule has 0 fully saturated rings. The first kappa shape index (κ1) is 15.5. The summed E-state index contributed by atoms with van der Waals surface area (Å²) in [6.07, 6.45) is -0.530. The number of nitrogens with one attached hydrogen (secondary N) is 1. The van der Waals surface area contributed by atoms with Gasteiger partial charge in [0.1, 0.15) is 18.5 Å². The highest BCUT2D eigenvalue weighted by atomic mass is 16.5. The zero-order valence-corrected chi connectivity index (χ0v) is 12.6. The van der Waals surface area contributed by atoms with Crippen molar-refractivity contribution in [1.82, 2.24) is 5.32 Å². The lowest BCUT2D eigenvalue weighted by Gasteiger charge is -2.18. The maximum atomic E-state index is 9.97. The van der Waals surface area contributed by atoms with Crippen LogP contribution >= 0.6 is 0 Å². The van der Waals surface area contributed by atoms with Crippen LogP contribution in [0.2, 0.25) is 0 Å². The van der Waals surface area contributed by atoms with E-state index in [4.69, 9.17) is 4.74 Å². The van der Waals surface area contributed by atoms with Crippen molar-refractivity contribution in [3.05, 3.63) is 65.7 Å². The fourth-order valence-corrected chi connectivity index (χ4v) is 2.06. The van der Waals surface area contributed by atoms with Crippen molar-refractivity contribution in [3.8, 4) is 5.75 Å². The fourth-order valence-electron chi connectivity index (χ4n) is 2.06. The van der Waals surface area contributed by atoms with Crippen LogP contribution in [0.15, 0.2) is 54.6 Å². The third-order valence-corrected chi connectivity index (χ3v) is 3.42. The van der Waals surface area contributed by atoms with Gasteiger partial charge in [-0.2, -0.15) is 0 Å². The van der Waals surface area contributed by atoms with Crippen molar-refractivity contribution in [2.75, 3.05) is 13.2 Å². The molecule has 2 N–H and O–H groups in total. The van der Waals surface area contributed by atoms with E-state index in [2.05, 4.69) is 24.4 Å². The van der Waals surface area contributed by atoms with Crippen molar-refractivity contribution in [1.29, 1.82) is 0 Å². The van der Waals surface area contributed by atoms with Gasteiger partial charge >= 0.3 is 0 Å². The molecular formula is C18H23NO2. The highest BCUT2D eigenvalue weighted by Crippen LogP contribution is 2.12. The Kier molecular flexibility index (Phi) is 5.78. The maximum Gasteiger partial charge on any atom is 0.119 e. The van der Waals surface area contributed by atoms with Gasteiger partial charge in [-0.3, -0.25) is 0 Å². The molecule has 0 aromatic heterocycles. The van der Waals surface area contributed by atoms with E-state index >= 15 is 0 Å². The van der Waals surface area contributed by atoms with Gasteiger partial charge in [-0.15, -0.1) is 0 Å². The molecule has 2 aromatic rings. The second-order valence-electron chi connectivity index (χ2n) is 5.32. The molecule has 21 heavy (non-hydrogen) atoms. The third kappa shape index (κ3) is 5.21. The number of hydrogen-bond donors (Lipinski definition) is 2. The third-order valence-electron chi connectivity index (χ3n) is 3.42. The first-order valence-corrected chi connectivity index (χ1v) is 7.31. The Morgan fingerprint density at radius 2 is 1.71 bits per heavy atom. The lowest BCUT2D eigenvalue weighted by Crippen LogP contribution is -2.33. The molecule has 112 valence electrons. The second kappa shape index (κ2) is 7.81. The van der Waals surface area contributed by atoms with Crippen LogP contribution in [0.5, 0.6) is 5.75 Å². The average Bonchev–Trinajstić information content (AvgIpc) is 2.53. The largest absolute Gasteiger partial charge is 0.491 e. The van der Waals surface area contributed by atoms with E-state index in [1.807, 2.05) is 49.4 Å². The number of benzene rings is 2. The molecule has 0 spiro atoms. The molecule has 3 nitrogen and oxygen atoms in total. The predicted octanol–water partition coefficient (Wildman–Crippen LogP) is 3.09. The molecular weight excluding hydrogens is 262 g/mol. The summed E-state index contributed by atoms with van der Waals surface area (Å²) in [5, 5.41) is 13.3. The number of rotatable bonds is 7. The van der Waals surface area contributed by atoms with Gasteiger partial charge < -0.3 is 15.2 Å². The van der Waals surface area contributed by atoms with E-state index in [-0.39, 0.29) is 12.6 Å². The predicted molar refractivity (Wildman–Crippen MR) is 85.5 cm³/mol. The van der Waals surface area contributed by atoms with Crippen LogP contribution < -0.4 is 10.1 Å². The van der Waals surface area contributed by atoms with Crippen molar-refractivity contribution < 1.29 is 9.84 Å². The van der Waals surface area contributed by atoms with Crippen molar-refractivity contribution in [2.45, 2.75) is 26.0 Å². The smallest absolute Gasteiger partial charge is 0.119 e. The summed E-state index contributed by atoms with van der Waals surface area (Å²) in [6, 6.07) is 18.2. The minimum Gasteiger partial charge on any atom is -0.491 e. The van der Waals surface area contributed by atoms with Gasteiger partial charge in [0.25, 0.3) is 0 Å². The summed E-state index contributed by atoms with van der Waals surface area (Å²) in [5.41, 5.74) is 2.41. The Morgan fingerprint density at radius 3 is 2.38 bits per heavy atom. The van der Waals surface area contributed by atoms with Gasteiger partial charge in [0.05, 0.1) is 0 Å². The van der Waals surface area contributed by atoms with Crippen LogP contribution in [-0.4, -0.2) is 24.4 Å². The first-order chi connectivity index (χ1) is 10.1. The van der Waals surface area contributed by atoms with Crippen LogP contribution in [0.25, 0.3) is 0 Å². The number of aliphatic hydroxyl groups is 1. The number of hydrogen-bond acceptors (Lipinski definition) is 3. The molecule has 3 heteroatoms. The summed E-state index contributed by atoms with van der Waals surface area (Å²) >= 11 is 0. The summed E-state index contributed by atoms with van der Waals surface area (Å²) in [7, 11) is 0. The molecule has 0 aliphatic heterocycles. The summed E-state index contributed by atoms with van der Waals surface area (Å²) in [5.74, 6) is 0.788. The molecule has 0 aliphatic rings. The highest BCUT2D eigenvalue weighted by Gasteiger charge is 2.09. The van der Waals surface area contributed by atoms with E-state index in [9.17, 15) is 5.11 Å². The van der Waals surface area contributed by atoms with Gasteiger partial charge in [0.2, 0.25) is 0 Å². The lowest BCUT2D eigenvalue weighted by molar-refractivity contribution is 0.104. The molecule has 0 saturated heterocycles. The van der Waals surface area contributed by atoms with Crippen LogP contribution in [0.1, 0.15) is 24.1 Å². The van der Waals surface area contributed by atoms with E-state index in [0.717, 1.165) is 5.75 Å². The fraction of sp³-hybridized carbons (Fsp3) is 0.333. The van der Waals surface area contributed by atoms with E-state index in [1.165, 1.54) is 11.1 Å². The summed E-state index contributed by atoms with van der Waals surface area (Å²) < 4.78 is 5.57. The molecule has 2 atom stereocenters. The average molecular weight is 285 g/mol. The Hall–Kier alpha value is -1.84. The van der Waals surface area contributed by atoms with Gasteiger partial charge in [0, 0.05) is 12.6 Å². The van der Waals surface area contributed by atoms with E-state index in [0.29, 0.717) is 6.54 Å². The minimum absolute atomic E-state index is 0.209. The molecule has 1 unspecified atom stereocenters. The normalized spacial score (nSPS) is 13.7. The Bertz CT molecular complexity index is 525. The van der Waals surface area contributed by atoms with Crippen LogP contribution in [0.3, 0.4) is 0 Å². The standard InChI is InChI=1S/C18H23NO2/c1-14-8-10-18(11-9-14)21-13-17(20)12-19-15(2)16-6-4-3-5-7-16/h3-11,15,17,19-20H,12-13H2,1-2H3/t15-,17?/m0/s1. The Morgan fingerprint density at radius 1 is 1.05 bits per heavy atom. The molecule has 0 radical (unpaired) electrons. The van der Waals surface area contributed by atoms with Crippen molar-refractivity contribution in [2.24, 2.45) is 0 Å². The second-order valence-corrected chi connectivity index (χ2v) is 5.32. The topological polar surface area (TPSA) is 41.5 Å². The van der Waals surface area contributed by atoms with Crippen LogP contribution in [0.4, 0.5) is 0 Å². The van der Waals surface area contributed by atoms with Crippen LogP contribution in [-0.2, 0) is 0 Å².